The van der Waals surface area contributed by atoms with Crippen LogP contribution in [-0.2, 0) is 0 Å². The Morgan fingerprint density at radius 2 is 2.06 bits per heavy atom. The average molecular weight is 237 g/mol. The molecule has 1 heterocycles. The van der Waals surface area contributed by atoms with Crippen LogP contribution in [0.15, 0.2) is 29.6 Å². The third-order valence-corrected chi connectivity index (χ3v) is 2.53. The third kappa shape index (κ3) is 2.34. The van der Waals surface area contributed by atoms with Gasteiger partial charge in [-0.05, 0) is 24.3 Å². The minimum atomic E-state index is -0.362. The molecule has 6 heteroatoms. The van der Waals surface area contributed by atoms with Gasteiger partial charge in [0, 0.05) is 11.1 Å². The Bertz CT molecular complexity index is 509. The number of halogens is 1. The number of nitrogen functional groups attached to an aromatic ring is 1. The summed E-state index contributed by atoms with van der Waals surface area (Å²) in [7, 11) is 0. The molecule has 0 radical (unpaired) electrons. The SMILES string of the molecule is Nc1nc(C(=O)Nc2ccc(F)cc2)cs1. The van der Waals surface area contributed by atoms with Crippen LogP contribution in [0.2, 0.25) is 0 Å². The third-order valence-electron chi connectivity index (χ3n) is 1.86. The summed E-state index contributed by atoms with van der Waals surface area (Å²) < 4.78 is 12.6. The van der Waals surface area contributed by atoms with E-state index in [0.29, 0.717) is 10.8 Å². The number of nitrogens with two attached hydrogens (primary N) is 1. The lowest BCUT2D eigenvalue weighted by Crippen LogP contribution is -2.12. The maximum atomic E-state index is 12.6. The monoisotopic (exact) mass is 237 g/mol. The molecule has 0 unspecified atom stereocenters. The first-order chi connectivity index (χ1) is 7.65. The molecule has 0 saturated carbocycles. The lowest BCUT2D eigenvalue weighted by Gasteiger charge is -2.02. The van der Waals surface area contributed by atoms with Crippen LogP contribution >= 0.6 is 11.3 Å². The maximum absolute atomic E-state index is 12.6. The molecule has 2 aromatic rings. The molecule has 0 spiro atoms. The molecular formula is C10H8FN3OS. The Hall–Kier alpha value is -1.95. The fraction of sp³-hybridized carbons (Fsp3) is 0. The summed E-state index contributed by atoms with van der Waals surface area (Å²) in [6, 6.07) is 5.49. The lowest BCUT2D eigenvalue weighted by atomic mass is 10.3. The Morgan fingerprint density at radius 3 is 2.62 bits per heavy atom. The van der Waals surface area contributed by atoms with Crippen molar-refractivity contribution in [1.29, 1.82) is 0 Å². The quantitative estimate of drug-likeness (QED) is 0.840. The zero-order valence-corrected chi connectivity index (χ0v) is 8.92. The van der Waals surface area contributed by atoms with Crippen molar-refractivity contribution in [3.8, 4) is 0 Å². The molecule has 3 N–H and O–H groups in total. The highest BCUT2D eigenvalue weighted by Crippen LogP contribution is 2.14. The summed E-state index contributed by atoms with van der Waals surface area (Å²) in [5.41, 5.74) is 6.18. The molecule has 0 fully saturated rings. The number of hydrogen-bond donors (Lipinski definition) is 2. The number of nitrogens with one attached hydrogen (secondary N) is 1. The number of nitrogens with zero attached hydrogens (tertiary/aromatic N) is 1. The standard InChI is InChI=1S/C10H8FN3OS/c11-6-1-3-7(4-2-6)13-9(15)8-5-16-10(12)14-8/h1-5H,(H2,12,14)(H,13,15). The number of carbonyl (C=O) groups excluding carboxylic acids is 1. The fourth-order valence-corrected chi connectivity index (χ4v) is 1.66. The molecule has 4 nitrogen and oxygen atoms in total. The van der Waals surface area contributed by atoms with E-state index in [4.69, 9.17) is 5.73 Å². The topological polar surface area (TPSA) is 68.0 Å². The number of anilines is 2. The van der Waals surface area contributed by atoms with Crippen LogP contribution in [0.3, 0.4) is 0 Å². The van der Waals surface area contributed by atoms with E-state index in [1.54, 1.807) is 5.38 Å². The van der Waals surface area contributed by atoms with Gasteiger partial charge in [0.15, 0.2) is 5.13 Å². The molecule has 1 aromatic carbocycles. The Morgan fingerprint density at radius 1 is 1.38 bits per heavy atom. The number of benzene rings is 1. The zero-order chi connectivity index (χ0) is 11.5. The molecule has 0 aliphatic carbocycles. The lowest BCUT2D eigenvalue weighted by molar-refractivity contribution is 0.102. The van der Waals surface area contributed by atoms with E-state index in [2.05, 4.69) is 10.3 Å². The summed E-state index contributed by atoms with van der Waals surface area (Å²) in [5, 5.41) is 4.48. The largest absolute Gasteiger partial charge is 0.375 e. The molecule has 2 rings (SSSR count). The first kappa shape index (κ1) is 10.6. The van der Waals surface area contributed by atoms with E-state index in [1.165, 1.54) is 35.6 Å². The fourth-order valence-electron chi connectivity index (χ4n) is 1.12. The molecule has 0 aliphatic rings. The van der Waals surface area contributed by atoms with E-state index >= 15 is 0 Å². The molecule has 0 saturated heterocycles. The van der Waals surface area contributed by atoms with Crippen molar-refractivity contribution in [1.82, 2.24) is 4.98 Å². The van der Waals surface area contributed by atoms with Gasteiger partial charge in [0.2, 0.25) is 0 Å². The first-order valence-electron chi connectivity index (χ1n) is 4.43. The molecular weight excluding hydrogens is 229 g/mol. The average Bonchev–Trinajstić information content (AvgIpc) is 2.68. The molecule has 0 atom stereocenters. The van der Waals surface area contributed by atoms with E-state index in [0.717, 1.165) is 0 Å². The smallest absolute Gasteiger partial charge is 0.275 e. The summed E-state index contributed by atoms with van der Waals surface area (Å²) in [4.78, 5) is 15.4. The van der Waals surface area contributed by atoms with Gasteiger partial charge in [0.25, 0.3) is 5.91 Å². The van der Waals surface area contributed by atoms with Crippen LogP contribution in [-0.4, -0.2) is 10.9 Å². The number of hydrogen-bond acceptors (Lipinski definition) is 4. The van der Waals surface area contributed by atoms with Crippen molar-refractivity contribution in [2.75, 3.05) is 11.1 Å². The second-order valence-corrected chi connectivity index (χ2v) is 3.92. The van der Waals surface area contributed by atoms with Crippen LogP contribution in [0.1, 0.15) is 10.5 Å². The Balaban J connectivity index is 2.10. The second-order valence-electron chi connectivity index (χ2n) is 3.03. The molecule has 0 bridgehead atoms. The molecule has 0 aliphatic heterocycles. The maximum Gasteiger partial charge on any atom is 0.275 e. The summed E-state index contributed by atoms with van der Waals surface area (Å²) >= 11 is 1.19. The number of thiazole rings is 1. The predicted molar refractivity (Wildman–Crippen MR) is 60.9 cm³/mol. The van der Waals surface area contributed by atoms with Gasteiger partial charge >= 0.3 is 0 Å². The Kier molecular flexibility index (Phi) is 2.82. The molecule has 16 heavy (non-hydrogen) atoms. The molecule has 1 amide bonds. The van der Waals surface area contributed by atoms with Gasteiger partial charge in [0.05, 0.1) is 0 Å². The van der Waals surface area contributed by atoms with E-state index < -0.39 is 0 Å². The van der Waals surface area contributed by atoms with Crippen molar-refractivity contribution in [3.05, 3.63) is 41.2 Å². The minimum absolute atomic E-state index is 0.256. The number of amides is 1. The van der Waals surface area contributed by atoms with Crippen LogP contribution in [0, 0.1) is 5.82 Å². The van der Waals surface area contributed by atoms with Crippen LogP contribution < -0.4 is 11.1 Å². The minimum Gasteiger partial charge on any atom is -0.375 e. The summed E-state index contributed by atoms with van der Waals surface area (Å²) in [6.07, 6.45) is 0. The Labute approximate surface area is 94.9 Å². The van der Waals surface area contributed by atoms with Crippen LogP contribution in [0.5, 0.6) is 0 Å². The zero-order valence-electron chi connectivity index (χ0n) is 8.11. The second kappa shape index (κ2) is 4.28. The van der Waals surface area contributed by atoms with E-state index in [-0.39, 0.29) is 17.4 Å². The van der Waals surface area contributed by atoms with Crippen molar-refractivity contribution in [2.45, 2.75) is 0 Å². The molecule has 1 aromatic heterocycles. The van der Waals surface area contributed by atoms with E-state index in [1.807, 2.05) is 0 Å². The van der Waals surface area contributed by atoms with Gasteiger partial charge in [-0.1, -0.05) is 0 Å². The predicted octanol–water partition coefficient (Wildman–Crippen LogP) is 2.12. The van der Waals surface area contributed by atoms with Gasteiger partial charge < -0.3 is 11.1 Å². The first-order valence-corrected chi connectivity index (χ1v) is 5.31. The highest BCUT2D eigenvalue weighted by molar-refractivity contribution is 7.13. The van der Waals surface area contributed by atoms with Crippen LogP contribution in [0.4, 0.5) is 15.2 Å². The highest BCUT2D eigenvalue weighted by atomic mass is 32.1. The van der Waals surface area contributed by atoms with Crippen molar-refractivity contribution in [2.24, 2.45) is 0 Å². The van der Waals surface area contributed by atoms with Gasteiger partial charge in [-0.15, -0.1) is 11.3 Å². The number of aromatic nitrogens is 1. The van der Waals surface area contributed by atoms with Gasteiger partial charge in [-0.3, -0.25) is 4.79 Å². The van der Waals surface area contributed by atoms with Crippen molar-refractivity contribution < 1.29 is 9.18 Å². The van der Waals surface area contributed by atoms with Gasteiger partial charge in [-0.2, -0.15) is 0 Å². The summed E-state index contributed by atoms with van der Waals surface area (Å²) in [6.45, 7) is 0. The van der Waals surface area contributed by atoms with Gasteiger partial charge in [-0.25, -0.2) is 9.37 Å². The number of carbonyl (C=O) groups is 1. The molecule has 82 valence electrons. The van der Waals surface area contributed by atoms with Crippen molar-refractivity contribution >= 4 is 28.1 Å². The normalized spacial score (nSPS) is 10.1. The van der Waals surface area contributed by atoms with Gasteiger partial charge in [0.1, 0.15) is 11.5 Å². The number of rotatable bonds is 2. The van der Waals surface area contributed by atoms with Crippen molar-refractivity contribution in [3.63, 3.8) is 0 Å². The van der Waals surface area contributed by atoms with Crippen LogP contribution in [0.25, 0.3) is 0 Å². The summed E-state index contributed by atoms with van der Waals surface area (Å²) in [5.74, 6) is -0.713. The van der Waals surface area contributed by atoms with E-state index in [9.17, 15) is 9.18 Å². The highest BCUT2D eigenvalue weighted by Gasteiger charge is 2.09.